The molecule has 0 aliphatic heterocycles. The highest BCUT2D eigenvalue weighted by Crippen LogP contribution is 2.19. The lowest BCUT2D eigenvalue weighted by molar-refractivity contribution is 0.219. The van der Waals surface area contributed by atoms with Crippen LogP contribution in [0.3, 0.4) is 0 Å². The summed E-state index contributed by atoms with van der Waals surface area (Å²) < 4.78 is 0. The van der Waals surface area contributed by atoms with Gasteiger partial charge in [0.2, 0.25) is 0 Å². The third-order valence-corrected chi connectivity index (χ3v) is 2.46. The molecule has 0 amide bonds. The van der Waals surface area contributed by atoms with Gasteiger partial charge in [-0.1, -0.05) is 13.0 Å². The van der Waals surface area contributed by atoms with Crippen LogP contribution < -0.4 is 11.1 Å². The molecule has 1 unspecified atom stereocenters. The van der Waals surface area contributed by atoms with E-state index >= 15 is 0 Å². The van der Waals surface area contributed by atoms with Gasteiger partial charge in [0, 0.05) is 11.4 Å². The standard InChI is InChI=1S/C11H18N2O/c1-3-11(2,8-14)13-10-6-4-5-9(12)7-10/h4-7,13-14H,3,8,12H2,1-2H3. The second-order valence-electron chi connectivity index (χ2n) is 3.82. The van der Waals surface area contributed by atoms with Crippen molar-refractivity contribution in [1.82, 2.24) is 0 Å². The molecule has 0 aromatic heterocycles. The summed E-state index contributed by atoms with van der Waals surface area (Å²) in [6, 6.07) is 7.54. The van der Waals surface area contributed by atoms with Crippen LogP contribution in [0.4, 0.5) is 11.4 Å². The minimum atomic E-state index is -0.270. The largest absolute Gasteiger partial charge is 0.399 e. The van der Waals surface area contributed by atoms with E-state index in [1.165, 1.54) is 0 Å². The van der Waals surface area contributed by atoms with Crippen molar-refractivity contribution < 1.29 is 5.11 Å². The van der Waals surface area contributed by atoms with Crippen LogP contribution >= 0.6 is 0 Å². The Morgan fingerprint density at radius 3 is 2.71 bits per heavy atom. The maximum atomic E-state index is 9.22. The van der Waals surface area contributed by atoms with Gasteiger partial charge < -0.3 is 16.2 Å². The lowest BCUT2D eigenvalue weighted by atomic mass is 10.00. The van der Waals surface area contributed by atoms with Gasteiger partial charge in [0.15, 0.2) is 0 Å². The molecule has 14 heavy (non-hydrogen) atoms. The molecule has 0 radical (unpaired) electrons. The predicted octanol–water partition coefficient (Wildman–Crippen LogP) is 1.84. The Hall–Kier alpha value is -1.22. The summed E-state index contributed by atoms with van der Waals surface area (Å²) in [5.74, 6) is 0. The van der Waals surface area contributed by atoms with E-state index in [2.05, 4.69) is 5.32 Å². The molecule has 3 nitrogen and oxygen atoms in total. The molecule has 0 aliphatic rings. The minimum Gasteiger partial charge on any atom is -0.399 e. The van der Waals surface area contributed by atoms with Crippen LogP contribution in [0.5, 0.6) is 0 Å². The van der Waals surface area contributed by atoms with Crippen LogP contribution in [0.25, 0.3) is 0 Å². The van der Waals surface area contributed by atoms with Crippen LogP contribution in [-0.2, 0) is 0 Å². The summed E-state index contributed by atoms with van der Waals surface area (Å²) in [5.41, 5.74) is 7.06. The molecule has 0 aliphatic carbocycles. The molecule has 1 rings (SSSR count). The van der Waals surface area contributed by atoms with Gasteiger partial charge in [0.25, 0.3) is 0 Å². The van der Waals surface area contributed by atoms with Crippen molar-refractivity contribution >= 4 is 11.4 Å². The van der Waals surface area contributed by atoms with Crippen molar-refractivity contribution in [1.29, 1.82) is 0 Å². The number of nitrogens with one attached hydrogen (secondary N) is 1. The Bertz CT molecular complexity index is 295. The van der Waals surface area contributed by atoms with Gasteiger partial charge in [-0.05, 0) is 31.5 Å². The van der Waals surface area contributed by atoms with E-state index < -0.39 is 0 Å². The van der Waals surface area contributed by atoms with Crippen LogP contribution in [0.1, 0.15) is 20.3 Å². The number of aliphatic hydroxyl groups excluding tert-OH is 1. The molecule has 0 saturated heterocycles. The van der Waals surface area contributed by atoms with Crippen LogP contribution in [0.15, 0.2) is 24.3 Å². The normalized spacial score (nSPS) is 14.8. The summed E-state index contributed by atoms with van der Waals surface area (Å²) in [7, 11) is 0. The molecule has 0 fully saturated rings. The van der Waals surface area contributed by atoms with E-state index in [9.17, 15) is 5.11 Å². The predicted molar refractivity (Wildman–Crippen MR) is 60.3 cm³/mol. The van der Waals surface area contributed by atoms with E-state index in [1.807, 2.05) is 38.1 Å². The summed E-state index contributed by atoms with van der Waals surface area (Å²) in [6.07, 6.45) is 0.859. The molecule has 0 bridgehead atoms. The van der Waals surface area contributed by atoms with Crippen molar-refractivity contribution in [3.05, 3.63) is 24.3 Å². The zero-order chi connectivity index (χ0) is 10.6. The molecule has 1 aromatic carbocycles. The molecule has 78 valence electrons. The maximum Gasteiger partial charge on any atom is 0.0658 e. The molecule has 4 N–H and O–H groups in total. The van der Waals surface area contributed by atoms with E-state index in [0.717, 1.165) is 17.8 Å². The smallest absolute Gasteiger partial charge is 0.0658 e. The maximum absolute atomic E-state index is 9.22. The molecular weight excluding hydrogens is 176 g/mol. The first-order valence-corrected chi connectivity index (χ1v) is 4.84. The quantitative estimate of drug-likeness (QED) is 0.641. The highest BCUT2D eigenvalue weighted by Gasteiger charge is 2.19. The van der Waals surface area contributed by atoms with Crippen LogP contribution in [0.2, 0.25) is 0 Å². The summed E-state index contributed by atoms with van der Waals surface area (Å²) >= 11 is 0. The van der Waals surface area contributed by atoms with Crippen molar-refractivity contribution in [3.63, 3.8) is 0 Å². The van der Waals surface area contributed by atoms with Crippen molar-refractivity contribution in [3.8, 4) is 0 Å². The first-order valence-electron chi connectivity index (χ1n) is 4.84. The van der Waals surface area contributed by atoms with E-state index in [0.29, 0.717) is 0 Å². The molecule has 0 heterocycles. The molecule has 0 saturated carbocycles. The molecule has 1 atom stereocenters. The van der Waals surface area contributed by atoms with Gasteiger partial charge in [-0.2, -0.15) is 0 Å². The Balaban J connectivity index is 2.77. The zero-order valence-electron chi connectivity index (χ0n) is 8.75. The van der Waals surface area contributed by atoms with Gasteiger partial charge in [-0.15, -0.1) is 0 Å². The fourth-order valence-corrected chi connectivity index (χ4v) is 1.20. The molecule has 0 spiro atoms. The second-order valence-corrected chi connectivity index (χ2v) is 3.82. The fourth-order valence-electron chi connectivity index (χ4n) is 1.20. The highest BCUT2D eigenvalue weighted by atomic mass is 16.3. The highest BCUT2D eigenvalue weighted by molar-refractivity contribution is 5.55. The number of anilines is 2. The minimum absolute atomic E-state index is 0.109. The molecular formula is C11H18N2O. The first-order chi connectivity index (χ1) is 6.59. The summed E-state index contributed by atoms with van der Waals surface area (Å²) in [4.78, 5) is 0. The Morgan fingerprint density at radius 2 is 2.21 bits per heavy atom. The Kier molecular flexibility index (Phi) is 3.36. The topological polar surface area (TPSA) is 58.3 Å². The van der Waals surface area contributed by atoms with Crippen molar-refractivity contribution in [2.75, 3.05) is 17.7 Å². The van der Waals surface area contributed by atoms with Gasteiger partial charge in [-0.25, -0.2) is 0 Å². The Morgan fingerprint density at radius 1 is 1.50 bits per heavy atom. The number of aliphatic hydroxyl groups is 1. The number of rotatable bonds is 4. The second kappa shape index (κ2) is 4.33. The van der Waals surface area contributed by atoms with Crippen LogP contribution in [-0.4, -0.2) is 17.3 Å². The third kappa shape index (κ3) is 2.64. The number of hydrogen-bond donors (Lipinski definition) is 3. The molecule has 3 heteroatoms. The van der Waals surface area contributed by atoms with Gasteiger partial charge in [0.05, 0.1) is 12.1 Å². The Labute approximate surface area is 84.9 Å². The summed E-state index contributed by atoms with van der Waals surface area (Å²) in [6.45, 7) is 4.13. The lowest BCUT2D eigenvalue weighted by Gasteiger charge is -2.28. The van der Waals surface area contributed by atoms with E-state index in [-0.39, 0.29) is 12.1 Å². The number of hydrogen-bond acceptors (Lipinski definition) is 3. The monoisotopic (exact) mass is 194 g/mol. The number of benzene rings is 1. The van der Waals surface area contributed by atoms with E-state index in [1.54, 1.807) is 0 Å². The average Bonchev–Trinajstić information content (AvgIpc) is 2.18. The third-order valence-electron chi connectivity index (χ3n) is 2.46. The first kappa shape index (κ1) is 10.9. The fraction of sp³-hybridized carbons (Fsp3) is 0.455. The zero-order valence-corrected chi connectivity index (χ0v) is 8.75. The van der Waals surface area contributed by atoms with Crippen molar-refractivity contribution in [2.24, 2.45) is 0 Å². The van der Waals surface area contributed by atoms with Crippen molar-refractivity contribution in [2.45, 2.75) is 25.8 Å². The van der Waals surface area contributed by atoms with Crippen LogP contribution in [0, 0.1) is 0 Å². The average molecular weight is 194 g/mol. The number of nitrogens with two attached hydrogens (primary N) is 1. The van der Waals surface area contributed by atoms with Gasteiger partial charge >= 0.3 is 0 Å². The lowest BCUT2D eigenvalue weighted by Crippen LogP contribution is -2.37. The molecule has 1 aromatic rings. The van der Waals surface area contributed by atoms with E-state index in [4.69, 9.17) is 5.73 Å². The SMILES string of the molecule is CCC(C)(CO)Nc1cccc(N)c1. The summed E-state index contributed by atoms with van der Waals surface area (Å²) in [5, 5.41) is 12.5. The van der Waals surface area contributed by atoms with Gasteiger partial charge in [0.1, 0.15) is 0 Å². The van der Waals surface area contributed by atoms with Gasteiger partial charge in [-0.3, -0.25) is 0 Å². The number of nitrogen functional groups attached to an aromatic ring is 1.